The van der Waals surface area contributed by atoms with E-state index in [0.717, 1.165) is 0 Å². The molecule has 2 rings (SSSR count). The van der Waals surface area contributed by atoms with E-state index in [2.05, 4.69) is 31.9 Å². The van der Waals surface area contributed by atoms with E-state index >= 15 is 0 Å². The van der Waals surface area contributed by atoms with E-state index < -0.39 is 34.1 Å². The molecule has 0 saturated carbocycles. The van der Waals surface area contributed by atoms with Gasteiger partial charge in [-0.2, -0.15) is 0 Å². The molecule has 1 aromatic rings. The van der Waals surface area contributed by atoms with Crippen LogP contribution < -0.4 is 9.47 Å². The minimum absolute atomic E-state index is 0.00909. The van der Waals surface area contributed by atoms with Crippen LogP contribution in [0.5, 0.6) is 11.5 Å². The van der Waals surface area contributed by atoms with Gasteiger partial charge in [-0.1, -0.05) is 37.9 Å². The van der Waals surface area contributed by atoms with Gasteiger partial charge in [0.1, 0.15) is 35.2 Å². The summed E-state index contributed by atoms with van der Waals surface area (Å²) in [4.78, 5) is 21.9. The molecule has 9 heteroatoms. The Morgan fingerprint density at radius 3 is 2.62 bits per heavy atom. The van der Waals surface area contributed by atoms with Crippen molar-refractivity contribution in [2.24, 2.45) is 0 Å². The average molecular weight is 470 g/mol. The fourth-order valence-electron chi connectivity index (χ4n) is 2.19. The number of carboxylic acid groups (broad SMARTS) is 1. The summed E-state index contributed by atoms with van der Waals surface area (Å²) in [5, 5.41) is 9.17. The van der Waals surface area contributed by atoms with E-state index in [-0.39, 0.29) is 23.7 Å². The van der Waals surface area contributed by atoms with E-state index in [1.165, 1.54) is 6.07 Å². The van der Waals surface area contributed by atoms with Crippen LogP contribution in [-0.2, 0) is 9.53 Å². The lowest BCUT2D eigenvalue weighted by Gasteiger charge is -2.34. The van der Waals surface area contributed by atoms with Crippen molar-refractivity contribution >= 4 is 43.8 Å². The minimum Gasteiger partial charge on any atom is -0.490 e. The second-order valence-electron chi connectivity index (χ2n) is 5.43. The van der Waals surface area contributed by atoms with Gasteiger partial charge in [0.25, 0.3) is 0 Å². The standard InChI is InChI=1S/C15H15Br2FO6/c1-15(2)23-12-7(10(16)11(17)13(19)20)3-4-8(22-6-5-18)9(12)14(21)24-15/h3-4,10-11H,5-6H2,1-2H3,(H,19,20). The topological polar surface area (TPSA) is 82.1 Å². The van der Waals surface area contributed by atoms with Gasteiger partial charge in [-0.15, -0.1) is 0 Å². The van der Waals surface area contributed by atoms with Gasteiger partial charge in [0.15, 0.2) is 0 Å². The van der Waals surface area contributed by atoms with Crippen LogP contribution in [0.3, 0.4) is 0 Å². The lowest BCUT2D eigenvalue weighted by Crippen LogP contribution is -2.39. The largest absolute Gasteiger partial charge is 0.490 e. The normalized spacial score (nSPS) is 18.0. The Labute approximate surface area is 154 Å². The van der Waals surface area contributed by atoms with Crippen LogP contribution in [0.2, 0.25) is 0 Å². The number of aliphatic carboxylic acids is 1. The van der Waals surface area contributed by atoms with Crippen LogP contribution in [0.4, 0.5) is 4.39 Å². The Morgan fingerprint density at radius 1 is 1.38 bits per heavy atom. The van der Waals surface area contributed by atoms with Crippen LogP contribution in [0, 0.1) is 0 Å². The highest BCUT2D eigenvalue weighted by Gasteiger charge is 2.40. The maximum atomic E-state index is 12.4. The summed E-state index contributed by atoms with van der Waals surface area (Å²) in [6.07, 6.45) is 0. The molecule has 0 radical (unpaired) electrons. The SMILES string of the molecule is CC1(C)OC(=O)c2c(OCCF)ccc(C(Br)C(Br)C(=O)O)c2O1. The molecule has 132 valence electrons. The van der Waals surface area contributed by atoms with Gasteiger partial charge >= 0.3 is 11.9 Å². The molecule has 0 spiro atoms. The highest BCUT2D eigenvalue weighted by molar-refractivity contribution is 9.12. The number of alkyl halides is 3. The number of esters is 1. The summed E-state index contributed by atoms with van der Waals surface area (Å²) in [7, 11) is 0. The number of ether oxygens (including phenoxy) is 3. The highest BCUT2D eigenvalue weighted by atomic mass is 79.9. The van der Waals surface area contributed by atoms with Crippen molar-refractivity contribution < 1.29 is 33.3 Å². The fraction of sp³-hybridized carbons (Fsp3) is 0.467. The van der Waals surface area contributed by atoms with Crippen molar-refractivity contribution in [3.63, 3.8) is 0 Å². The number of carbonyl (C=O) groups is 2. The molecule has 0 saturated heterocycles. The number of rotatable bonds is 6. The third-order valence-electron chi connectivity index (χ3n) is 3.17. The Kier molecular flexibility index (Phi) is 5.74. The predicted octanol–water partition coefficient (Wildman–Crippen LogP) is 3.60. The van der Waals surface area contributed by atoms with Crippen molar-refractivity contribution in [3.8, 4) is 11.5 Å². The van der Waals surface area contributed by atoms with Gasteiger partial charge in [0, 0.05) is 19.4 Å². The van der Waals surface area contributed by atoms with Crippen molar-refractivity contribution in [2.45, 2.75) is 29.3 Å². The first-order valence-corrected chi connectivity index (χ1v) is 8.80. The van der Waals surface area contributed by atoms with Crippen LogP contribution in [0.25, 0.3) is 0 Å². The van der Waals surface area contributed by atoms with Crippen molar-refractivity contribution in [3.05, 3.63) is 23.3 Å². The minimum atomic E-state index is -1.23. The predicted molar refractivity (Wildman–Crippen MR) is 90.1 cm³/mol. The maximum Gasteiger partial charge on any atom is 0.349 e. The number of hydrogen-bond donors (Lipinski definition) is 1. The summed E-state index contributed by atoms with van der Waals surface area (Å²) < 4.78 is 28.5. The van der Waals surface area contributed by atoms with Crippen LogP contribution >= 0.6 is 31.9 Å². The molecule has 0 aliphatic carbocycles. The molecule has 1 aliphatic heterocycles. The van der Waals surface area contributed by atoms with Crippen LogP contribution in [0.15, 0.2) is 12.1 Å². The fourth-order valence-corrected chi connectivity index (χ4v) is 3.07. The highest BCUT2D eigenvalue weighted by Crippen LogP contribution is 2.45. The van der Waals surface area contributed by atoms with Gasteiger partial charge in [-0.25, -0.2) is 9.18 Å². The average Bonchev–Trinajstić information content (AvgIpc) is 2.49. The van der Waals surface area contributed by atoms with Crippen molar-refractivity contribution in [2.75, 3.05) is 13.3 Å². The molecule has 0 aromatic heterocycles. The van der Waals surface area contributed by atoms with E-state index in [4.69, 9.17) is 19.3 Å². The molecule has 1 aromatic carbocycles. The molecular weight excluding hydrogens is 455 g/mol. The monoisotopic (exact) mass is 468 g/mol. The Hall–Kier alpha value is -1.35. The Morgan fingerprint density at radius 2 is 2.04 bits per heavy atom. The molecule has 1 aliphatic rings. The number of cyclic esters (lactones) is 1. The van der Waals surface area contributed by atoms with Gasteiger partial charge in [0.05, 0.1) is 4.83 Å². The number of fused-ring (bicyclic) bond motifs is 1. The zero-order valence-electron chi connectivity index (χ0n) is 12.8. The Balaban J connectivity index is 2.56. The number of benzene rings is 1. The molecule has 0 bridgehead atoms. The molecule has 1 N–H and O–H groups in total. The van der Waals surface area contributed by atoms with Gasteiger partial charge in [0.2, 0.25) is 5.79 Å². The molecule has 24 heavy (non-hydrogen) atoms. The maximum absolute atomic E-state index is 12.4. The molecule has 0 fully saturated rings. The van der Waals surface area contributed by atoms with E-state index in [0.29, 0.717) is 5.56 Å². The first-order valence-electron chi connectivity index (χ1n) is 6.97. The second kappa shape index (κ2) is 7.26. The summed E-state index contributed by atoms with van der Waals surface area (Å²) in [6.45, 7) is 2.16. The molecule has 2 unspecified atom stereocenters. The molecule has 2 atom stereocenters. The summed E-state index contributed by atoms with van der Waals surface area (Å²) in [5.41, 5.74) is 0.446. The van der Waals surface area contributed by atoms with Gasteiger partial charge < -0.3 is 19.3 Å². The number of halogens is 3. The third kappa shape index (κ3) is 3.83. The molecule has 6 nitrogen and oxygen atoms in total. The summed E-state index contributed by atoms with van der Waals surface area (Å²) in [5.74, 6) is -2.72. The Bertz CT molecular complexity index is 664. The van der Waals surface area contributed by atoms with Gasteiger partial charge in [-0.05, 0) is 6.07 Å². The zero-order chi connectivity index (χ0) is 18.1. The second-order valence-corrected chi connectivity index (χ2v) is 7.40. The zero-order valence-corrected chi connectivity index (χ0v) is 16.0. The van der Waals surface area contributed by atoms with E-state index in [1.54, 1.807) is 19.9 Å². The number of carbonyl (C=O) groups excluding carboxylic acids is 1. The van der Waals surface area contributed by atoms with E-state index in [9.17, 15) is 14.0 Å². The summed E-state index contributed by atoms with van der Waals surface area (Å²) in [6, 6.07) is 3.03. The van der Waals surface area contributed by atoms with Crippen molar-refractivity contribution in [1.82, 2.24) is 0 Å². The first kappa shape index (κ1) is 19.0. The molecule has 1 heterocycles. The van der Waals surface area contributed by atoms with Crippen LogP contribution in [-0.4, -0.2) is 40.9 Å². The summed E-state index contributed by atoms with van der Waals surface area (Å²) >= 11 is 6.38. The molecular formula is C15H15Br2FO6. The number of hydrogen-bond acceptors (Lipinski definition) is 5. The number of carboxylic acids is 1. The quantitative estimate of drug-likeness (QED) is 0.506. The lowest BCUT2D eigenvalue weighted by molar-refractivity contribution is -0.136. The first-order chi connectivity index (χ1) is 11.2. The van der Waals surface area contributed by atoms with Crippen LogP contribution in [0.1, 0.15) is 34.6 Å². The third-order valence-corrected chi connectivity index (χ3v) is 5.82. The van der Waals surface area contributed by atoms with E-state index in [1.807, 2.05) is 0 Å². The van der Waals surface area contributed by atoms with Gasteiger partial charge in [-0.3, -0.25) is 4.79 Å². The lowest BCUT2D eigenvalue weighted by atomic mass is 10.0. The smallest absolute Gasteiger partial charge is 0.349 e. The van der Waals surface area contributed by atoms with Crippen molar-refractivity contribution in [1.29, 1.82) is 0 Å². The molecule has 0 amide bonds.